The zero-order chi connectivity index (χ0) is 15.3. The van der Waals surface area contributed by atoms with Crippen molar-refractivity contribution in [2.75, 3.05) is 32.1 Å². The van der Waals surface area contributed by atoms with E-state index in [0.29, 0.717) is 18.3 Å². The first kappa shape index (κ1) is 17.4. The summed E-state index contributed by atoms with van der Waals surface area (Å²) in [6.07, 6.45) is 4.04. The number of sulfone groups is 1. The summed E-state index contributed by atoms with van der Waals surface area (Å²) >= 11 is 0. The molecular weight excluding hydrogens is 276 g/mol. The molecule has 1 amide bonds. The quantitative estimate of drug-likeness (QED) is 0.792. The van der Waals surface area contributed by atoms with Crippen LogP contribution in [-0.4, -0.2) is 57.4 Å². The molecule has 5 nitrogen and oxygen atoms in total. The molecule has 1 rings (SSSR count). The van der Waals surface area contributed by atoms with E-state index in [0.717, 1.165) is 13.1 Å². The summed E-state index contributed by atoms with van der Waals surface area (Å²) in [6.45, 7) is 5.95. The third-order valence-corrected chi connectivity index (χ3v) is 5.32. The molecule has 3 unspecified atom stereocenters. The molecule has 118 valence electrons. The van der Waals surface area contributed by atoms with Gasteiger partial charge in [-0.3, -0.25) is 4.79 Å². The molecule has 0 radical (unpaired) electrons. The average Bonchev–Trinajstić information content (AvgIpc) is 2.36. The van der Waals surface area contributed by atoms with Crippen LogP contribution in [0.1, 0.15) is 33.1 Å². The molecule has 1 aliphatic rings. The van der Waals surface area contributed by atoms with Crippen LogP contribution < -0.4 is 5.32 Å². The average molecular weight is 304 g/mol. The molecule has 1 N–H and O–H groups in total. The molecule has 0 saturated carbocycles. The SMILES string of the molecule is CC(CC(=O)N(C)C(C)CS(C)(=O)=O)C1CCCNC1. The topological polar surface area (TPSA) is 66.5 Å². The van der Waals surface area contributed by atoms with Crippen LogP contribution in [0.4, 0.5) is 0 Å². The fourth-order valence-corrected chi connectivity index (χ4v) is 3.85. The van der Waals surface area contributed by atoms with Gasteiger partial charge in [-0.2, -0.15) is 0 Å². The van der Waals surface area contributed by atoms with E-state index in [4.69, 9.17) is 0 Å². The van der Waals surface area contributed by atoms with E-state index in [2.05, 4.69) is 12.2 Å². The van der Waals surface area contributed by atoms with Crippen LogP contribution in [0.2, 0.25) is 0 Å². The van der Waals surface area contributed by atoms with Gasteiger partial charge in [0.25, 0.3) is 0 Å². The molecule has 1 saturated heterocycles. The molecule has 0 bridgehead atoms. The van der Waals surface area contributed by atoms with Gasteiger partial charge in [0.2, 0.25) is 5.91 Å². The van der Waals surface area contributed by atoms with Crippen molar-refractivity contribution >= 4 is 15.7 Å². The predicted molar refractivity (Wildman–Crippen MR) is 81.3 cm³/mol. The monoisotopic (exact) mass is 304 g/mol. The second-order valence-electron chi connectivity index (χ2n) is 6.23. The van der Waals surface area contributed by atoms with Crippen LogP contribution in [0.25, 0.3) is 0 Å². The number of hydrogen-bond acceptors (Lipinski definition) is 4. The summed E-state index contributed by atoms with van der Waals surface area (Å²) in [4.78, 5) is 13.8. The third kappa shape index (κ3) is 5.79. The Morgan fingerprint density at radius 3 is 2.55 bits per heavy atom. The van der Waals surface area contributed by atoms with E-state index in [-0.39, 0.29) is 17.7 Å². The largest absolute Gasteiger partial charge is 0.342 e. The molecule has 0 aromatic carbocycles. The van der Waals surface area contributed by atoms with E-state index in [1.165, 1.54) is 19.1 Å². The van der Waals surface area contributed by atoms with Crippen molar-refractivity contribution in [3.05, 3.63) is 0 Å². The maximum atomic E-state index is 12.2. The third-order valence-electron chi connectivity index (χ3n) is 4.23. The van der Waals surface area contributed by atoms with Crippen LogP contribution in [0, 0.1) is 11.8 Å². The van der Waals surface area contributed by atoms with Crippen molar-refractivity contribution in [1.82, 2.24) is 10.2 Å². The van der Waals surface area contributed by atoms with Crippen LogP contribution >= 0.6 is 0 Å². The van der Waals surface area contributed by atoms with Gasteiger partial charge in [-0.1, -0.05) is 6.92 Å². The van der Waals surface area contributed by atoms with E-state index >= 15 is 0 Å². The number of carbonyl (C=O) groups is 1. The number of piperidine rings is 1. The van der Waals surface area contributed by atoms with Crippen molar-refractivity contribution in [2.24, 2.45) is 11.8 Å². The summed E-state index contributed by atoms with van der Waals surface area (Å²) in [5.74, 6) is 0.947. The van der Waals surface area contributed by atoms with Gasteiger partial charge in [0, 0.05) is 25.8 Å². The number of hydrogen-bond donors (Lipinski definition) is 1. The van der Waals surface area contributed by atoms with Crippen molar-refractivity contribution < 1.29 is 13.2 Å². The van der Waals surface area contributed by atoms with Gasteiger partial charge in [-0.25, -0.2) is 8.42 Å². The smallest absolute Gasteiger partial charge is 0.222 e. The van der Waals surface area contributed by atoms with Crippen molar-refractivity contribution in [1.29, 1.82) is 0 Å². The zero-order valence-electron chi connectivity index (χ0n) is 13.1. The predicted octanol–water partition coefficient (Wildman–Crippen LogP) is 0.904. The molecule has 1 heterocycles. The fourth-order valence-electron chi connectivity index (χ4n) is 2.75. The Balaban J connectivity index is 2.47. The first-order valence-electron chi connectivity index (χ1n) is 7.35. The van der Waals surface area contributed by atoms with Gasteiger partial charge in [-0.15, -0.1) is 0 Å². The minimum absolute atomic E-state index is 0.0224. The molecule has 1 fully saturated rings. The molecule has 1 aliphatic heterocycles. The summed E-state index contributed by atoms with van der Waals surface area (Å²) < 4.78 is 22.6. The number of nitrogens with one attached hydrogen (secondary N) is 1. The maximum absolute atomic E-state index is 12.2. The summed E-state index contributed by atoms with van der Waals surface area (Å²) in [5.41, 5.74) is 0. The second kappa shape index (κ2) is 7.41. The lowest BCUT2D eigenvalue weighted by Crippen LogP contribution is -2.41. The van der Waals surface area contributed by atoms with Crippen LogP contribution in [0.15, 0.2) is 0 Å². The molecule has 0 aromatic rings. The Hall–Kier alpha value is -0.620. The van der Waals surface area contributed by atoms with Gasteiger partial charge in [0.1, 0.15) is 9.84 Å². The van der Waals surface area contributed by atoms with Crippen LogP contribution in [0.5, 0.6) is 0 Å². The van der Waals surface area contributed by atoms with Crippen molar-refractivity contribution in [3.8, 4) is 0 Å². The number of carbonyl (C=O) groups excluding carboxylic acids is 1. The minimum atomic E-state index is -3.05. The van der Waals surface area contributed by atoms with Gasteiger partial charge in [0.15, 0.2) is 0 Å². The normalized spacial score (nSPS) is 23.1. The number of amides is 1. The van der Waals surface area contributed by atoms with Gasteiger partial charge in [-0.05, 0) is 44.7 Å². The highest BCUT2D eigenvalue weighted by molar-refractivity contribution is 7.90. The van der Waals surface area contributed by atoms with Crippen molar-refractivity contribution in [3.63, 3.8) is 0 Å². The fraction of sp³-hybridized carbons (Fsp3) is 0.929. The summed E-state index contributed by atoms with van der Waals surface area (Å²) in [6, 6.07) is -0.269. The molecular formula is C14H28N2O3S. The Kier molecular flexibility index (Phi) is 6.45. The Morgan fingerprint density at radius 1 is 1.40 bits per heavy atom. The Labute approximate surface area is 123 Å². The molecule has 0 aliphatic carbocycles. The Bertz CT molecular complexity index is 416. The van der Waals surface area contributed by atoms with Crippen molar-refractivity contribution in [2.45, 2.75) is 39.2 Å². The van der Waals surface area contributed by atoms with Gasteiger partial charge >= 0.3 is 0 Å². The molecule has 6 heteroatoms. The second-order valence-corrected chi connectivity index (χ2v) is 8.42. The van der Waals surface area contributed by atoms with Crippen LogP contribution in [0.3, 0.4) is 0 Å². The minimum Gasteiger partial charge on any atom is -0.342 e. The summed E-state index contributed by atoms with van der Waals surface area (Å²) in [7, 11) is -1.36. The van der Waals surface area contributed by atoms with E-state index in [9.17, 15) is 13.2 Å². The van der Waals surface area contributed by atoms with E-state index < -0.39 is 9.84 Å². The zero-order valence-corrected chi connectivity index (χ0v) is 13.9. The highest BCUT2D eigenvalue weighted by Crippen LogP contribution is 2.23. The van der Waals surface area contributed by atoms with Crippen LogP contribution in [-0.2, 0) is 14.6 Å². The molecule has 3 atom stereocenters. The first-order valence-corrected chi connectivity index (χ1v) is 9.41. The lowest BCUT2D eigenvalue weighted by Gasteiger charge is -2.30. The highest BCUT2D eigenvalue weighted by atomic mass is 32.2. The van der Waals surface area contributed by atoms with E-state index in [1.54, 1.807) is 18.9 Å². The lowest BCUT2D eigenvalue weighted by atomic mass is 9.85. The standard InChI is InChI=1S/C14H28N2O3S/c1-11(13-6-5-7-15-9-13)8-14(17)16(3)12(2)10-20(4,18)19/h11-13,15H,5-10H2,1-4H3. The van der Waals surface area contributed by atoms with Gasteiger partial charge < -0.3 is 10.2 Å². The maximum Gasteiger partial charge on any atom is 0.222 e. The molecule has 0 aromatic heterocycles. The van der Waals surface area contributed by atoms with E-state index in [1.807, 2.05) is 0 Å². The first-order chi connectivity index (χ1) is 9.20. The Morgan fingerprint density at radius 2 is 2.05 bits per heavy atom. The van der Waals surface area contributed by atoms with Gasteiger partial charge in [0.05, 0.1) is 5.75 Å². The summed E-state index contributed by atoms with van der Waals surface area (Å²) in [5, 5.41) is 3.37. The highest BCUT2D eigenvalue weighted by Gasteiger charge is 2.25. The molecule has 0 spiro atoms. The lowest BCUT2D eigenvalue weighted by molar-refractivity contribution is -0.132. The molecule has 20 heavy (non-hydrogen) atoms. The number of nitrogens with zero attached hydrogens (tertiary/aromatic N) is 1. The number of rotatable bonds is 6.